The predicted octanol–water partition coefficient (Wildman–Crippen LogP) is 2.08. The summed E-state index contributed by atoms with van der Waals surface area (Å²) in [5.74, 6) is -1.59. The third-order valence-corrected chi connectivity index (χ3v) is 3.58. The normalized spacial score (nSPS) is 22.2. The van der Waals surface area contributed by atoms with Crippen molar-refractivity contribution < 1.29 is 19.4 Å². The van der Waals surface area contributed by atoms with Crippen molar-refractivity contribution >= 4 is 39.4 Å². The van der Waals surface area contributed by atoms with Crippen molar-refractivity contribution in [1.82, 2.24) is 5.32 Å². The average Bonchev–Trinajstić information content (AvgIpc) is 2.77. The Bertz CT molecular complexity index is 508. The van der Waals surface area contributed by atoms with Gasteiger partial charge in [-0.15, -0.1) is 0 Å². The second kappa shape index (κ2) is 5.48. The van der Waals surface area contributed by atoms with E-state index in [0.29, 0.717) is 21.7 Å². The molecule has 2 rings (SSSR count). The minimum Gasteiger partial charge on any atom is -0.479 e. The van der Waals surface area contributed by atoms with Gasteiger partial charge in [0.15, 0.2) is 5.54 Å². The number of ether oxygens (including phenoxy) is 1. The molecule has 1 fully saturated rings. The molecule has 19 heavy (non-hydrogen) atoms. The Morgan fingerprint density at radius 3 is 2.68 bits per heavy atom. The quantitative estimate of drug-likeness (QED) is 0.877. The number of carboxylic acids is 1. The van der Waals surface area contributed by atoms with Crippen molar-refractivity contribution in [2.45, 2.75) is 12.0 Å². The molecule has 1 aromatic carbocycles. The molecule has 1 amide bonds. The number of carbonyl (C=O) groups is 2. The van der Waals surface area contributed by atoms with Gasteiger partial charge in [0.05, 0.1) is 6.61 Å². The number of benzene rings is 1. The highest BCUT2D eigenvalue weighted by molar-refractivity contribution is 9.10. The first kappa shape index (κ1) is 14.3. The van der Waals surface area contributed by atoms with E-state index < -0.39 is 17.4 Å². The zero-order valence-corrected chi connectivity index (χ0v) is 12.1. The first-order valence-corrected chi connectivity index (χ1v) is 6.70. The standard InChI is InChI=1S/C12H11BrClNO4/c13-8-3-7(4-9(14)5-8)10(16)15-12(11(17)18)1-2-19-6-12/h3-5H,1-2,6H2,(H,15,16)(H,17,18). The molecule has 1 saturated heterocycles. The number of carboxylic acid groups (broad SMARTS) is 1. The first-order valence-electron chi connectivity index (χ1n) is 5.53. The van der Waals surface area contributed by atoms with Crippen LogP contribution in [0.4, 0.5) is 0 Å². The number of rotatable bonds is 3. The predicted molar refractivity (Wildman–Crippen MR) is 72.4 cm³/mol. The molecule has 0 radical (unpaired) electrons. The highest BCUT2D eigenvalue weighted by Gasteiger charge is 2.44. The van der Waals surface area contributed by atoms with Crippen molar-refractivity contribution in [3.63, 3.8) is 0 Å². The number of amides is 1. The maximum atomic E-state index is 12.1. The van der Waals surface area contributed by atoms with Crippen LogP contribution in [0.3, 0.4) is 0 Å². The molecular formula is C12H11BrClNO4. The molecule has 1 atom stereocenters. The molecule has 1 heterocycles. The first-order chi connectivity index (χ1) is 8.93. The molecule has 102 valence electrons. The van der Waals surface area contributed by atoms with E-state index in [1.54, 1.807) is 12.1 Å². The summed E-state index contributed by atoms with van der Waals surface area (Å²) in [4.78, 5) is 23.4. The summed E-state index contributed by atoms with van der Waals surface area (Å²) >= 11 is 9.09. The molecular weight excluding hydrogens is 337 g/mol. The molecule has 2 N–H and O–H groups in total. The lowest BCUT2D eigenvalue weighted by molar-refractivity contribution is -0.144. The van der Waals surface area contributed by atoms with Gasteiger partial charge in [0.2, 0.25) is 0 Å². The third kappa shape index (κ3) is 3.08. The minimum absolute atomic E-state index is 0.0319. The van der Waals surface area contributed by atoms with Crippen LogP contribution < -0.4 is 5.32 Å². The van der Waals surface area contributed by atoms with E-state index in [4.69, 9.17) is 16.3 Å². The monoisotopic (exact) mass is 347 g/mol. The lowest BCUT2D eigenvalue weighted by Crippen LogP contribution is -2.55. The summed E-state index contributed by atoms with van der Waals surface area (Å²) < 4.78 is 5.73. The Balaban J connectivity index is 2.22. The van der Waals surface area contributed by atoms with Crippen LogP contribution >= 0.6 is 27.5 Å². The van der Waals surface area contributed by atoms with Crippen molar-refractivity contribution in [2.24, 2.45) is 0 Å². The van der Waals surface area contributed by atoms with Crippen molar-refractivity contribution in [1.29, 1.82) is 0 Å². The van der Waals surface area contributed by atoms with Crippen LogP contribution in [0.1, 0.15) is 16.8 Å². The van der Waals surface area contributed by atoms with Crippen molar-refractivity contribution in [3.8, 4) is 0 Å². The summed E-state index contributed by atoms with van der Waals surface area (Å²) in [6, 6.07) is 4.70. The molecule has 0 aromatic heterocycles. The van der Waals surface area contributed by atoms with Gasteiger partial charge in [0, 0.05) is 28.1 Å². The molecule has 1 aromatic rings. The SMILES string of the molecule is O=C(NC1(C(=O)O)CCOC1)c1cc(Cl)cc(Br)c1. The number of hydrogen-bond donors (Lipinski definition) is 2. The maximum absolute atomic E-state index is 12.1. The highest BCUT2D eigenvalue weighted by Crippen LogP contribution is 2.22. The van der Waals surface area contributed by atoms with E-state index in [9.17, 15) is 14.7 Å². The van der Waals surface area contributed by atoms with E-state index in [1.165, 1.54) is 6.07 Å². The molecule has 1 aliphatic heterocycles. The summed E-state index contributed by atoms with van der Waals surface area (Å²) in [6.45, 7) is 0.279. The van der Waals surface area contributed by atoms with Gasteiger partial charge in [-0.1, -0.05) is 27.5 Å². The van der Waals surface area contributed by atoms with Crippen LogP contribution in [0.15, 0.2) is 22.7 Å². The Hall–Kier alpha value is -1.11. The Labute approximate surface area is 123 Å². The minimum atomic E-state index is -1.36. The third-order valence-electron chi connectivity index (χ3n) is 2.91. The largest absolute Gasteiger partial charge is 0.479 e. The molecule has 7 heteroatoms. The molecule has 0 spiro atoms. The second-order valence-corrected chi connectivity index (χ2v) is 5.65. The zero-order chi connectivity index (χ0) is 14.0. The van der Waals surface area contributed by atoms with E-state index in [1.807, 2.05) is 0 Å². The molecule has 1 unspecified atom stereocenters. The second-order valence-electron chi connectivity index (χ2n) is 4.30. The molecule has 1 aliphatic rings. The van der Waals surface area contributed by atoms with Crippen LogP contribution in [0.2, 0.25) is 5.02 Å². The van der Waals surface area contributed by atoms with Crippen molar-refractivity contribution in [2.75, 3.05) is 13.2 Å². The van der Waals surface area contributed by atoms with Gasteiger partial charge >= 0.3 is 5.97 Å². The fraction of sp³-hybridized carbons (Fsp3) is 0.333. The van der Waals surface area contributed by atoms with Gasteiger partial charge in [-0.2, -0.15) is 0 Å². The molecule has 0 bridgehead atoms. The molecule has 0 saturated carbocycles. The van der Waals surface area contributed by atoms with Crippen LogP contribution in [-0.4, -0.2) is 35.7 Å². The summed E-state index contributed by atoms with van der Waals surface area (Å²) in [5, 5.41) is 12.2. The topological polar surface area (TPSA) is 75.6 Å². The van der Waals surface area contributed by atoms with E-state index in [0.717, 1.165) is 0 Å². The fourth-order valence-corrected chi connectivity index (χ4v) is 2.72. The average molecular weight is 349 g/mol. The van der Waals surface area contributed by atoms with Crippen molar-refractivity contribution in [3.05, 3.63) is 33.3 Å². The highest BCUT2D eigenvalue weighted by atomic mass is 79.9. The fourth-order valence-electron chi connectivity index (χ4n) is 1.86. The van der Waals surface area contributed by atoms with Gasteiger partial charge in [-0.05, 0) is 18.2 Å². The number of nitrogens with one attached hydrogen (secondary N) is 1. The van der Waals surface area contributed by atoms with Gasteiger partial charge in [0.25, 0.3) is 5.91 Å². The van der Waals surface area contributed by atoms with Gasteiger partial charge in [0.1, 0.15) is 0 Å². The lowest BCUT2D eigenvalue weighted by atomic mass is 9.98. The van der Waals surface area contributed by atoms with Gasteiger partial charge in [-0.3, -0.25) is 4.79 Å². The molecule has 0 aliphatic carbocycles. The zero-order valence-electron chi connectivity index (χ0n) is 9.78. The van der Waals surface area contributed by atoms with Crippen LogP contribution in [0.5, 0.6) is 0 Å². The molecule has 5 nitrogen and oxygen atoms in total. The smallest absolute Gasteiger partial charge is 0.331 e. The Morgan fingerprint density at radius 2 is 2.16 bits per heavy atom. The van der Waals surface area contributed by atoms with E-state index >= 15 is 0 Å². The van der Waals surface area contributed by atoms with Crippen LogP contribution in [0.25, 0.3) is 0 Å². The van der Waals surface area contributed by atoms with Crippen LogP contribution in [0, 0.1) is 0 Å². The number of halogens is 2. The van der Waals surface area contributed by atoms with Gasteiger partial charge < -0.3 is 15.2 Å². The maximum Gasteiger partial charge on any atom is 0.331 e. The lowest BCUT2D eigenvalue weighted by Gasteiger charge is -2.23. The van der Waals surface area contributed by atoms with E-state index in [-0.39, 0.29) is 13.0 Å². The summed E-state index contributed by atoms with van der Waals surface area (Å²) in [5.41, 5.74) is -1.06. The van der Waals surface area contributed by atoms with E-state index in [2.05, 4.69) is 21.2 Å². The Morgan fingerprint density at radius 1 is 1.42 bits per heavy atom. The number of aliphatic carboxylic acids is 1. The number of hydrogen-bond acceptors (Lipinski definition) is 3. The number of carbonyl (C=O) groups excluding carboxylic acids is 1. The summed E-state index contributed by atoms with van der Waals surface area (Å²) in [6.07, 6.45) is 0.246. The Kier molecular flexibility index (Phi) is 4.13. The van der Waals surface area contributed by atoms with Gasteiger partial charge in [-0.25, -0.2) is 4.79 Å². The van der Waals surface area contributed by atoms with Crippen LogP contribution in [-0.2, 0) is 9.53 Å². The summed E-state index contributed by atoms with van der Waals surface area (Å²) in [7, 11) is 0.